The van der Waals surface area contributed by atoms with Crippen LogP contribution < -0.4 is 10.6 Å². The number of benzene rings is 1. The Morgan fingerprint density at radius 2 is 1.84 bits per heavy atom. The van der Waals surface area contributed by atoms with Gasteiger partial charge < -0.3 is 10.3 Å². The molecule has 0 aliphatic carbocycles. The molecule has 3 N–H and O–H groups in total. The van der Waals surface area contributed by atoms with Gasteiger partial charge in [0.2, 0.25) is 0 Å². The first-order chi connectivity index (χ1) is 15.2. The molecule has 2 amide bonds. The van der Waals surface area contributed by atoms with Gasteiger partial charge in [0, 0.05) is 29.1 Å². The van der Waals surface area contributed by atoms with Crippen molar-refractivity contribution in [2.75, 3.05) is 13.1 Å². The summed E-state index contributed by atoms with van der Waals surface area (Å²) in [5.41, 5.74) is 3.06. The molecule has 0 saturated carbocycles. The minimum absolute atomic E-state index is 0.359. The highest BCUT2D eigenvalue weighted by Crippen LogP contribution is 2.38. The second kappa shape index (κ2) is 7.18. The number of rotatable bonds is 4. The van der Waals surface area contributed by atoms with Crippen LogP contribution >= 0.6 is 11.3 Å². The highest BCUT2D eigenvalue weighted by Gasteiger charge is 2.36. The molecule has 1 aromatic carbocycles. The summed E-state index contributed by atoms with van der Waals surface area (Å²) >= 11 is 1.57. The Kier molecular flexibility index (Phi) is 4.29. The maximum atomic E-state index is 13.0. The quantitative estimate of drug-likeness (QED) is 0.433. The van der Waals surface area contributed by atoms with Crippen molar-refractivity contribution in [1.29, 1.82) is 0 Å². The van der Waals surface area contributed by atoms with Crippen molar-refractivity contribution in [2.24, 2.45) is 5.92 Å². The summed E-state index contributed by atoms with van der Waals surface area (Å²) in [6.07, 6.45) is 4.02. The van der Waals surface area contributed by atoms with Gasteiger partial charge in [-0.2, -0.15) is 5.10 Å². The lowest BCUT2D eigenvalue weighted by Gasteiger charge is -2.22. The summed E-state index contributed by atoms with van der Waals surface area (Å²) in [6, 6.07) is 9.93. The lowest BCUT2D eigenvalue weighted by Crippen LogP contribution is -2.30. The second-order valence-corrected chi connectivity index (χ2v) is 9.06. The highest BCUT2D eigenvalue weighted by molar-refractivity contribution is 7.16. The van der Waals surface area contributed by atoms with Crippen LogP contribution in [0.25, 0.3) is 32.3 Å². The summed E-state index contributed by atoms with van der Waals surface area (Å²) in [6.45, 7) is 2.85. The molecule has 2 aliphatic heterocycles. The fourth-order valence-corrected chi connectivity index (χ4v) is 5.53. The van der Waals surface area contributed by atoms with E-state index < -0.39 is 0 Å². The lowest BCUT2D eigenvalue weighted by atomic mass is 9.98. The third-order valence-corrected chi connectivity index (χ3v) is 7.13. The molecule has 0 bridgehead atoms. The lowest BCUT2D eigenvalue weighted by molar-refractivity contribution is -0.122. The van der Waals surface area contributed by atoms with Gasteiger partial charge in [-0.15, -0.1) is 11.3 Å². The van der Waals surface area contributed by atoms with Crippen LogP contribution in [0.3, 0.4) is 0 Å². The zero-order valence-corrected chi connectivity index (χ0v) is 17.6. The minimum atomic E-state index is -0.387. The van der Waals surface area contributed by atoms with Gasteiger partial charge in [-0.3, -0.25) is 19.6 Å². The summed E-state index contributed by atoms with van der Waals surface area (Å²) in [5.74, 6) is -0.217. The number of nitrogens with zero attached hydrogens (tertiary/aromatic N) is 2. The van der Waals surface area contributed by atoms with Gasteiger partial charge in [0.05, 0.1) is 16.7 Å². The van der Waals surface area contributed by atoms with E-state index >= 15 is 0 Å². The first-order valence-electron chi connectivity index (χ1n) is 10.5. The predicted molar refractivity (Wildman–Crippen MR) is 121 cm³/mol. The number of nitrogens with one attached hydrogen (secondary N) is 3. The third kappa shape index (κ3) is 2.94. The fraction of sp³-hybridized carbons (Fsp3) is 0.261. The number of piperidine rings is 1. The van der Waals surface area contributed by atoms with Gasteiger partial charge in [-0.1, -0.05) is 18.2 Å². The topological polar surface area (TPSA) is 91.8 Å². The molecule has 2 aliphatic rings. The van der Waals surface area contributed by atoms with Crippen LogP contribution in [-0.2, 0) is 16.1 Å². The number of aromatic nitrogens is 3. The van der Waals surface area contributed by atoms with E-state index in [1.165, 1.54) is 0 Å². The van der Waals surface area contributed by atoms with Crippen molar-refractivity contribution in [3.63, 3.8) is 0 Å². The average molecular weight is 432 g/mol. The van der Waals surface area contributed by atoms with Crippen molar-refractivity contribution in [3.05, 3.63) is 53.2 Å². The molecule has 7 nitrogen and oxygen atoms in total. The number of aromatic amines is 1. The molecule has 156 valence electrons. The summed E-state index contributed by atoms with van der Waals surface area (Å²) in [4.78, 5) is 30.0. The molecule has 0 atom stereocenters. The Hall–Kier alpha value is -3.23. The molecular weight excluding hydrogens is 410 g/mol. The van der Waals surface area contributed by atoms with E-state index in [0.717, 1.165) is 59.2 Å². The van der Waals surface area contributed by atoms with E-state index in [4.69, 9.17) is 5.10 Å². The number of para-hydroxylation sites is 1. The monoisotopic (exact) mass is 431 g/mol. The Morgan fingerprint density at radius 1 is 1.03 bits per heavy atom. The summed E-state index contributed by atoms with van der Waals surface area (Å²) in [5, 5.41) is 14.6. The normalized spacial score (nSPS) is 17.9. The second-order valence-electron chi connectivity index (χ2n) is 8.14. The molecule has 0 radical (unpaired) electrons. The van der Waals surface area contributed by atoms with Crippen LogP contribution in [0.5, 0.6) is 0 Å². The number of thiophene rings is 1. The molecule has 0 spiro atoms. The number of H-pyrrole nitrogens is 1. The Labute approximate surface area is 182 Å². The van der Waals surface area contributed by atoms with E-state index in [-0.39, 0.29) is 11.8 Å². The molecule has 1 fully saturated rings. The predicted octanol–water partition coefficient (Wildman–Crippen LogP) is 3.15. The maximum Gasteiger partial charge on any atom is 0.261 e. The summed E-state index contributed by atoms with van der Waals surface area (Å²) in [7, 11) is 0. The van der Waals surface area contributed by atoms with Gasteiger partial charge in [-0.25, -0.2) is 0 Å². The molecule has 5 heterocycles. The minimum Gasteiger partial charge on any atom is -0.352 e. The van der Waals surface area contributed by atoms with Gasteiger partial charge in [0.25, 0.3) is 11.8 Å². The fourth-order valence-electron chi connectivity index (χ4n) is 4.75. The first kappa shape index (κ1) is 18.5. The number of hydrogen-bond acceptors (Lipinski definition) is 5. The van der Waals surface area contributed by atoms with Gasteiger partial charge in [-0.05, 0) is 49.4 Å². The van der Waals surface area contributed by atoms with Crippen LogP contribution in [-0.4, -0.2) is 39.7 Å². The number of carbonyl (C=O) groups excluding carboxylic acids is 2. The highest BCUT2D eigenvalue weighted by atomic mass is 32.1. The van der Waals surface area contributed by atoms with E-state index in [9.17, 15) is 9.59 Å². The number of fused-ring (bicyclic) bond motifs is 2. The zero-order valence-electron chi connectivity index (χ0n) is 16.8. The number of imide groups is 1. The number of hydrogen-bond donors (Lipinski definition) is 3. The summed E-state index contributed by atoms with van der Waals surface area (Å²) < 4.78 is 2.01. The molecule has 0 unspecified atom stereocenters. The van der Waals surface area contributed by atoms with Crippen LogP contribution in [0.1, 0.15) is 24.1 Å². The van der Waals surface area contributed by atoms with Gasteiger partial charge in [0.1, 0.15) is 10.5 Å². The van der Waals surface area contributed by atoms with E-state index in [1.54, 1.807) is 11.3 Å². The van der Waals surface area contributed by atoms with E-state index in [2.05, 4.69) is 15.6 Å². The van der Waals surface area contributed by atoms with Gasteiger partial charge >= 0.3 is 0 Å². The SMILES string of the molecule is O=C1NC(=O)C(c2nn(CC3CCNCC3)c3ccccc23)=C1c1c[nH]c2sccc12. The molecule has 31 heavy (non-hydrogen) atoms. The van der Waals surface area contributed by atoms with Crippen molar-refractivity contribution < 1.29 is 9.59 Å². The van der Waals surface area contributed by atoms with Crippen molar-refractivity contribution in [1.82, 2.24) is 25.4 Å². The van der Waals surface area contributed by atoms with Crippen molar-refractivity contribution in [2.45, 2.75) is 19.4 Å². The Morgan fingerprint density at radius 3 is 2.71 bits per heavy atom. The molecule has 6 rings (SSSR count). The van der Waals surface area contributed by atoms with E-state index in [1.807, 2.05) is 46.6 Å². The molecule has 4 aromatic rings. The number of carbonyl (C=O) groups is 2. The Bertz CT molecular complexity index is 1370. The zero-order chi connectivity index (χ0) is 20.9. The van der Waals surface area contributed by atoms with Crippen LogP contribution in [0, 0.1) is 5.92 Å². The molecule has 8 heteroatoms. The molecular formula is C23H21N5O2S. The standard InChI is InChI=1S/C23H21N5O2S/c29-21-18(16-11-25-23-14(16)7-10-31-23)19(22(30)26-21)20-15-3-1-2-4-17(15)28(27-20)12-13-5-8-24-9-6-13/h1-4,7,10-11,13,24-25H,5-6,8-9,12H2,(H,26,29,30). The van der Waals surface area contributed by atoms with Crippen LogP contribution in [0.2, 0.25) is 0 Å². The third-order valence-electron chi connectivity index (χ3n) is 6.29. The Balaban J connectivity index is 1.54. The molecule has 1 saturated heterocycles. The van der Waals surface area contributed by atoms with Crippen molar-refractivity contribution >= 4 is 55.4 Å². The van der Waals surface area contributed by atoms with Crippen LogP contribution in [0.4, 0.5) is 0 Å². The average Bonchev–Trinajstić information content (AvgIpc) is 3.53. The van der Waals surface area contributed by atoms with Gasteiger partial charge in [0.15, 0.2) is 0 Å². The van der Waals surface area contributed by atoms with E-state index in [0.29, 0.717) is 22.8 Å². The van der Waals surface area contributed by atoms with Crippen LogP contribution in [0.15, 0.2) is 41.9 Å². The number of amides is 2. The van der Waals surface area contributed by atoms with Crippen molar-refractivity contribution in [3.8, 4) is 0 Å². The molecule has 3 aromatic heterocycles. The smallest absolute Gasteiger partial charge is 0.261 e. The largest absolute Gasteiger partial charge is 0.352 e. The maximum absolute atomic E-state index is 13.0. The first-order valence-corrected chi connectivity index (χ1v) is 11.4.